The van der Waals surface area contributed by atoms with Crippen molar-refractivity contribution < 1.29 is 19.1 Å². The number of nitrogens with zero attached hydrogens (tertiary/aromatic N) is 1. The second-order valence-corrected chi connectivity index (χ2v) is 9.16. The zero-order valence-corrected chi connectivity index (χ0v) is 18.5. The first-order chi connectivity index (χ1) is 13.6. The van der Waals surface area contributed by atoms with Crippen molar-refractivity contribution in [2.45, 2.75) is 77.4 Å². The SMILES string of the molecule is CC(C)NC12CN(C1)C(=O)OC/C=C/CCCC[C@](C)(C(=O)C(C)C)NCC2=O. The summed E-state index contributed by atoms with van der Waals surface area (Å²) in [6, 6.07) is 0.0920. The lowest BCUT2D eigenvalue weighted by Crippen LogP contribution is -2.76. The van der Waals surface area contributed by atoms with Crippen LogP contribution in [0, 0.1) is 5.92 Å². The predicted molar refractivity (Wildman–Crippen MR) is 113 cm³/mol. The van der Waals surface area contributed by atoms with Gasteiger partial charge >= 0.3 is 6.09 Å². The molecule has 1 saturated heterocycles. The van der Waals surface area contributed by atoms with Gasteiger partial charge in [-0.05, 0) is 40.0 Å². The largest absolute Gasteiger partial charge is 0.445 e. The quantitative estimate of drug-likeness (QED) is 0.696. The van der Waals surface area contributed by atoms with E-state index in [0.29, 0.717) is 6.42 Å². The molecule has 164 valence electrons. The fourth-order valence-corrected chi connectivity index (χ4v) is 4.15. The number of ketones is 2. The van der Waals surface area contributed by atoms with E-state index in [9.17, 15) is 14.4 Å². The first-order valence-electron chi connectivity index (χ1n) is 10.8. The third-order valence-corrected chi connectivity index (χ3v) is 5.75. The number of amides is 1. The van der Waals surface area contributed by atoms with Crippen LogP contribution in [0.2, 0.25) is 0 Å². The van der Waals surface area contributed by atoms with Crippen LogP contribution in [0.1, 0.15) is 60.3 Å². The Labute approximate surface area is 174 Å². The average Bonchev–Trinajstić information content (AvgIpc) is 2.62. The molecular weight excluding hydrogens is 370 g/mol. The van der Waals surface area contributed by atoms with Crippen LogP contribution >= 0.6 is 0 Å². The first-order valence-corrected chi connectivity index (χ1v) is 10.8. The topological polar surface area (TPSA) is 87.7 Å². The maximum absolute atomic E-state index is 13.2. The Bertz CT molecular complexity index is 638. The van der Waals surface area contributed by atoms with Crippen molar-refractivity contribution in [3.63, 3.8) is 0 Å². The van der Waals surface area contributed by atoms with Gasteiger partial charge in [-0.2, -0.15) is 0 Å². The van der Waals surface area contributed by atoms with Crippen molar-refractivity contribution in [1.29, 1.82) is 0 Å². The molecule has 3 aliphatic heterocycles. The van der Waals surface area contributed by atoms with Crippen LogP contribution < -0.4 is 10.6 Å². The van der Waals surface area contributed by atoms with Gasteiger partial charge in [-0.3, -0.25) is 20.2 Å². The number of hydrogen-bond donors (Lipinski definition) is 2. The van der Waals surface area contributed by atoms with Gasteiger partial charge in [0.05, 0.1) is 25.2 Å². The minimum atomic E-state index is -0.797. The van der Waals surface area contributed by atoms with Gasteiger partial charge in [-0.15, -0.1) is 0 Å². The van der Waals surface area contributed by atoms with E-state index in [-0.39, 0.29) is 49.8 Å². The molecule has 3 rings (SSSR count). The molecule has 0 spiro atoms. The van der Waals surface area contributed by atoms with Crippen molar-refractivity contribution in [3.05, 3.63) is 12.2 Å². The third-order valence-electron chi connectivity index (χ3n) is 5.75. The van der Waals surface area contributed by atoms with Crippen LogP contribution in [0.25, 0.3) is 0 Å². The van der Waals surface area contributed by atoms with Crippen LogP contribution in [0.3, 0.4) is 0 Å². The molecular formula is C22H37N3O4. The van der Waals surface area contributed by atoms with Gasteiger partial charge in [0.1, 0.15) is 12.1 Å². The van der Waals surface area contributed by atoms with E-state index < -0.39 is 17.2 Å². The minimum absolute atomic E-state index is 0.0231. The number of rotatable bonds is 4. The first kappa shape index (κ1) is 23.5. The molecule has 2 N–H and O–H groups in total. The van der Waals surface area contributed by atoms with Gasteiger partial charge < -0.3 is 9.64 Å². The lowest BCUT2D eigenvalue weighted by molar-refractivity contribution is -0.133. The molecule has 0 aromatic heterocycles. The second kappa shape index (κ2) is 9.85. The van der Waals surface area contributed by atoms with Gasteiger partial charge in [-0.1, -0.05) is 32.4 Å². The number of nitrogens with one attached hydrogen (secondary N) is 2. The Morgan fingerprint density at radius 1 is 1.17 bits per heavy atom. The van der Waals surface area contributed by atoms with E-state index in [0.717, 1.165) is 19.3 Å². The maximum Gasteiger partial charge on any atom is 0.410 e. The molecule has 0 radical (unpaired) electrons. The van der Waals surface area contributed by atoms with Crippen LogP contribution in [0.15, 0.2) is 12.2 Å². The predicted octanol–water partition coefficient (Wildman–Crippen LogP) is 2.45. The van der Waals surface area contributed by atoms with E-state index in [1.807, 2.05) is 46.8 Å². The number of allylic oxidation sites excluding steroid dienone is 1. The van der Waals surface area contributed by atoms with Crippen molar-refractivity contribution >= 4 is 17.7 Å². The number of carbonyl (C=O) groups excluding carboxylic acids is 3. The van der Waals surface area contributed by atoms with Gasteiger partial charge in [0.25, 0.3) is 0 Å². The summed E-state index contributed by atoms with van der Waals surface area (Å²) in [6.07, 6.45) is 6.84. The maximum atomic E-state index is 13.2. The average molecular weight is 408 g/mol. The zero-order chi connectivity index (χ0) is 21.7. The van der Waals surface area contributed by atoms with Crippen LogP contribution in [0.5, 0.6) is 0 Å². The van der Waals surface area contributed by atoms with Crippen LogP contribution in [-0.4, -0.2) is 65.9 Å². The number of carbonyl (C=O) groups is 3. The molecule has 3 aliphatic rings. The highest BCUT2D eigenvalue weighted by atomic mass is 16.6. The number of hydrogen-bond acceptors (Lipinski definition) is 6. The van der Waals surface area contributed by atoms with E-state index in [1.165, 1.54) is 0 Å². The highest BCUT2D eigenvalue weighted by molar-refractivity contribution is 5.95. The standard InChI is InChI=1S/C22H37N3O4/c1-16(2)19(27)21(5)11-9-7-6-8-10-12-29-20(28)25-14-22(15-25,24-17(3)4)18(26)13-23-21/h8,10,16-17,23-24H,6-7,9,11-15H2,1-5H3/b10-8+/t21-/m1/s1. The van der Waals surface area contributed by atoms with Crippen molar-refractivity contribution in [1.82, 2.24) is 15.5 Å². The van der Waals surface area contributed by atoms with E-state index in [2.05, 4.69) is 10.6 Å². The zero-order valence-electron chi connectivity index (χ0n) is 18.5. The third kappa shape index (κ3) is 5.89. The highest BCUT2D eigenvalue weighted by Crippen LogP contribution is 2.26. The summed E-state index contributed by atoms with van der Waals surface area (Å²) in [5.74, 6) is 0.00136. The monoisotopic (exact) mass is 407 g/mol. The molecule has 1 amide bonds. The Morgan fingerprint density at radius 2 is 1.86 bits per heavy atom. The summed E-state index contributed by atoms with van der Waals surface area (Å²) in [6.45, 7) is 10.6. The molecule has 1 fully saturated rings. The summed E-state index contributed by atoms with van der Waals surface area (Å²) in [4.78, 5) is 39.8. The lowest BCUT2D eigenvalue weighted by atomic mass is 9.81. The van der Waals surface area contributed by atoms with Crippen LogP contribution in [0.4, 0.5) is 4.79 Å². The van der Waals surface area contributed by atoms with E-state index >= 15 is 0 Å². The van der Waals surface area contributed by atoms with Crippen LogP contribution in [-0.2, 0) is 14.3 Å². The Balaban J connectivity index is 2.21. The normalized spacial score (nSPS) is 30.8. The smallest absolute Gasteiger partial charge is 0.410 e. The molecule has 29 heavy (non-hydrogen) atoms. The molecule has 0 aromatic carbocycles. The molecule has 0 unspecified atom stereocenters. The summed E-state index contributed by atoms with van der Waals surface area (Å²) in [5.41, 5.74) is -1.53. The summed E-state index contributed by atoms with van der Waals surface area (Å²) in [5, 5.41) is 6.62. The van der Waals surface area contributed by atoms with Crippen molar-refractivity contribution in [3.8, 4) is 0 Å². The van der Waals surface area contributed by atoms with Gasteiger partial charge in [0, 0.05) is 12.0 Å². The Kier molecular flexibility index (Phi) is 8.00. The molecule has 7 nitrogen and oxygen atoms in total. The summed E-state index contributed by atoms with van der Waals surface area (Å²) >= 11 is 0. The molecule has 2 bridgehead atoms. The fraction of sp³-hybridized carbons (Fsp3) is 0.773. The van der Waals surface area contributed by atoms with E-state index in [4.69, 9.17) is 4.74 Å². The highest BCUT2D eigenvalue weighted by Gasteiger charge is 2.51. The number of Topliss-reactive ketones (excluding diaryl/α,β-unsaturated/α-hetero) is 2. The lowest BCUT2D eigenvalue weighted by Gasteiger charge is -2.49. The molecule has 0 saturated carbocycles. The minimum Gasteiger partial charge on any atom is -0.445 e. The summed E-state index contributed by atoms with van der Waals surface area (Å²) in [7, 11) is 0. The molecule has 7 heteroatoms. The number of ether oxygens (including phenoxy) is 1. The van der Waals surface area contributed by atoms with Crippen molar-refractivity contribution in [2.75, 3.05) is 26.2 Å². The Morgan fingerprint density at radius 3 is 2.48 bits per heavy atom. The summed E-state index contributed by atoms with van der Waals surface area (Å²) < 4.78 is 5.27. The van der Waals surface area contributed by atoms with Gasteiger partial charge in [-0.25, -0.2) is 4.79 Å². The van der Waals surface area contributed by atoms with Gasteiger partial charge in [0.2, 0.25) is 0 Å². The van der Waals surface area contributed by atoms with Gasteiger partial charge in [0.15, 0.2) is 11.6 Å². The molecule has 0 aliphatic carbocycles. The number of fused-ring (bicyclic) bond motifs is 11. The Hall–Kier alpha value is -1.73. The molecule has 0 aromatic rings. The van der Waals surface area contributed by atoms with Crippen molar-refractivity contribution in [2.24, 2.45) is 5.92 Å². The molecule has 1 atom stereocenters. The van der Waals surface area contributed by atoms with E-state index in [1.54, 1.807) is 4.90 Å². The second-order valence-electron chi connectivity index (χ2n) is 9.16. The fourth-order valence-electron chi connectivity index (χ4n) is 4.15. The molecule has 3 heterocycles.